The predicted molar refractivity (Wildman–Crippen MR) is 88.6 cm³/mol. The SMILES string of the molecule is CCNCC1Cc2cccc(-c3c(Cl)cccc3Cl)c2O1. The molecule has 0 radical (unpaired) electrons. The Bertz CT molecular complexity index is 637. The van der Waals surface area contributed by atoms with Crippen LogP contribution in [0.4, 0.5) is 0 Å². The molecule has 0 saturated heterocycles. The number of rotatable bonds is 4. The van der Waals surface area contributed by atoms with Gasteiger partial charge >= 0.3 is 0 Å². The molecule has 1 N–H and O–H groups in total. The third-order valence-electron chi connectivity index (χ3n) is 3.68. The number of hydrogen-bond acceptors (Lipinski definition) is 2. The Kier molecular flexibility index (Phi) is 4.39. The van der Waals surface area contributed by atoms with Crippen LogP contribution in [0.5, 0.6) is 5.75 Å². The molecule has 1 aliphatic heterocycles. The molecule has 0 aromatic heterocycles. The molecule has 0 amide bonds. The number of benzene rings is 2. The van der Waals surface area contributed by atoms with Crippen LogP contribution in [0.25, 0.3) is 11.1 Å². The Morgan fingerprint density at radius 1 is 1.14 bits per heavy atom. The lowest BCUT2D eigenvalue weighted by Gasteiger charge is -2.14. The molecule has 4 heteroatoms. The summed E-state index contributed by atoms with van der Waals surface area (Å²) in [6, 6.07) is 11.7. The zero-order valence-corrected chi connectivity index (χ0v) is 13.3. The van der Waals surface area contributed by atoms with E-state index in [4.69, 9.17) is 27.9 Å². The molecule has 0 spiro atoms. The van der Waals surface area contributed by atoms with E-state index in [0.29, 0.717) is 10.0 Å². The van der Waals surface area contributed by atoms with Gasteiger partial charge in [-0.1, -0.05) is 54.4 Å². The summed E-state index contributed by atoms with van der Waals surface area (Å²) in [4.78, 5) is 0. The zero-order chi connectivity index (χ0) is 14.8. The highest BCUT2D eigenvalue weighted by Gasteiger charge is 2.26. The second-order valence-electron chi connectivity index (χ2n) is 5.14. The maximum absolute atomic E-state index is 6.33. The van der Waals surface area contributed by atoms with Gasteiger partial charge in [0.15, 0.2) is 0 Å². The summed E-state index contributed by atoms with van der Waals surface area (Å²) in [5.41, 5.74) is 3.04. The first kappa shape index (κ1) is 14.7. The van der Waals surface area contributed by atoms with Gasteiger partial charge in [-0.2, -0.15) is 0 Å². The summed E-state index contributed by atoms with van der Waals surface area (Å²) in [7, 11) is 0. The van der Waals surface area contributed by atoms with Crippen LogP contribution >= 0.6 is 23.2 Å². The fourth-order valence-corrected chi connectivity index (χ4v) is 3.31. The molecule has 3 rings (SSSR count). The Morgan fingerprint density at radius 3 is 2.57 bits per heavy atom. The first-order chi connectivity index (χ1) is 10.2. The fraction of sp³-hybridized carbons (Fsp3) is 0.294. The van der Waals surface area contributed by atoms with Gasteiger partial charge in [-0.3, -0.25) is 0 Å². The van der Waals surface area contributed by atoms with Gasteiger partial charge < -0.3 is 10.1 Å². The van der Waals surface area contributed by atoms with E-state index in [-0.39, 0.29) is 6.10 Å². The van der Waals surface area contributed by atoms with Crippen molar-refractivity contribution in [2.45, 2.75) is 19.4 Å². The van der Waals surface area contributed by atoms with E-state index >= 15 is 0 Å². The molecular weight excluding hydrogens is 305 g/mol. The lowest BCUT2D eigenvalue weighted by atomic mass is 10.0. The molecule has 0 saturated carbocycles. The Labute approximate surface area is 135 Å². The average Bonchev–Trinajstić information content (AvgIpc) is 2.88. The van der Waals surface area contributed by atoms with Crippen molar-refractivity contribution in [3.63, 3.8) is 0 Å². The van der Waals surface area contributed by atoms with Gasteiger partial charge in [0.1, 0.15) is 11.9 Å². The second kappa shape index (κ2) is 6.27. The highest BCUT2D eigenvalue weighted by molar-refractivity contribution is 6.39. The molecular formula is C17H17Cl2NO. The van der Waals surface area contributed by atoms with E-state index in [1.165, 1.54) is 5.56 Å². The molecule has 0 aliphatic carbocycles. The van der Waals surface area contributed by atoms with E-state index < -0.39 is 0 Å². The van der Waals surface area contributed by atoms with Crippen LogP contribution in [0.2, 0.25) is 10.0 Å². The molecule has 1 atom stereocenters. The minimum Gasteiger partial charge on any atom is -0.488 e. The van der Waals surface area contributed by atoms with Gasteiger partial charge in [0.05, 0.1) is 10.0 Å². The van der Waals surface area contributed by atoms with E-state index in [1.54, 1.807) is 0 Å². The van der Waals surface area contributed by atoms with Gasteiger partial charge in [-0.25, -0.2) is 0 Å². The maximum atomic E-state index is 6.33. The van der Waals surface area contributed by atoms with Crippen LogP contribution in [0.1, 0.15) is 12.5 Å². The zero-order valence-electron chi connectivity index (χ0n) is 11.8. The van der Waals surface area contributed by atoms with E-state index in [9.17, 15) is 0 Å². The molecule has 1 aliphatic rings. The van der Waals surface area contributed by atoms with Crippen molar-refractivity contribution in [1.82, 2.24) is 5.32 Å². The number of ether oxygens (including phenoxy) is 1. The number of para-hydroxylation sites is 1. The van der Waals surface area contributed by atoms with Crippen LogP contribution < -0.4 is 10.1 Å². The van der Waals surface area contributed by atoms with E-state index in [1.807, 2.05) is 30.3 Å². The Morgan fingerprint density at radius 2 is 1.86 bits per heavy atom. The number of fused-ring (bicyclic) bond motifs is 1. The van der Waals surface area contributed by atoms with Crippen molar-refractivity contribution >= 4 is 23.2 Å². The standard InChI is InChI=1S/C17H17Cl2NO/c1-2-20-10-12-9-11-5-3-6-13(17(11)21-12)16-14(18)7-4-8-15(16)19/h3-8,12,20H,2,9-10H2,1H3. The minimum absolute atomic E-state index is 0.169. The van der Waals surface area contributed by atoms with E-state index in [2.05, 4.69) is 18.3 Å². The third kappa shape index (κ3) is 2.89. The summed E-state index contributed by atoms with van der Waals surface area (Å²) >= 11 is 12.7. The number of hydrogen-bond donors (Lipinski definition) is 1. The topological polar surface area (TPSA) is 21.3 Å². The molecule has 110 valence electrons. The van der Waals surface area contributed by atoms with Crippen molar-refractivity contribution in [1.29, 1.82) is 0 Å². The molecule has 1 heterocycles. The lowest BCUT2D eigenvalue weighted by molar-refractivity contribution is 0.229. The van der Waals surface area contributed by atoms with Crippen molar-refractivity contribution in [3.05, 3.63) is 52.0 Å². The van der Waals surface area contributed by atoms with Crippen LogP contribution in [-0.2, 0) is 6.42 Å². The van der Waals surface area contributed by atoms with Gasteiger partial charge in [0.25, 0.3) is 0 Å². The van der Waals surface area contributed by atoms with Crippen molar-refractivity contribution in [2.24, 2.45) is 0 Å². The first-order valence-electron chi connectivity index (χ1n) is 7.14. The first-order valence-corrected chi connectivity index (χ1v) is 7.90. The monoisotopic (exact) mass is 321 g/mol. The third-order valence-corrected chi connectivity index (χ3v) is 4.31. The molecule has 2 aromatic rings. The van der Waals surface area contributed by atoms with Crippen LogP contribution in [-0.4, -0.2) is 19.2 Å². The largest absolute Gasteiger partial charge is 0.488 e. The Hall–Kier alpha value is -1.22. The predicted octanol–water partition coefficient (Wildman–Crippen LogP) is 4.57. The number of nitrogens with one attached hydrogen (secondary N) is 1. The van der Waals surface area contributed by atoms with Crippen molar-refractivity contribution in [2.75, 3.05) is 13.1 Å². The molecule has 21 heavy (non-hydrogen) atoms. The number of halogens is 2. The molecule has 2 nitrogen and oxygen atoms in total. The summed E-state index contributed by atoms with van der Waals surface area (Å²) < 4.78 is 6.12. The summed E-state index contributed by atoms with van der Waals surface area (Å²) in [5, 5.41) is 4.63. The van der Waals surface area contributed by atoms with E-state index in [0.717, 1.165) is 36.4 Å². The molecule has 0 bridgehead atoms. The van der Waals surface area contributed by atoms with Gasteiger partial charge in [0.2, 0.25) is 0 Å². The van der Waals surface area contributed by atoms with Gasteiger partial charge in [-0.05, 0) is 24.2 Å². The van der Waals surface area contributed by atoms with Crippen LogP contribution in [0.3, 0.4) is 0 Å². The van der Waals surface area contributed by atoms with Crippen LogP contribution in [0.15, 0.2) is 36.4 Å². The molecule has 0 fully saturated rings. The second-order valence-corrected chi connectivity index (χ2v) is 5.96. The quantitative estimate of drug-likeness (QED) is 0.890. The highest BCUT2D eigenvalue weighted by atomic mass is 35.5. The van der Waals surface area contributed by atoms with Gasteiger partial charge in [0, 0.05) is 24.1 Å². The van der Waals surface area contributed by atoms with Crippen LogP contribution in [0, 0.1) is 0 Å². The summed E-state index contributed by atoms with van der Waals surface area (Å²) in [6.07, 6.45) is 1.08. The molecule has 2 aromatic carbocycles. The van der Waals surface area contributed by atoms with Crippen molar-refractivity contribution in [3.8, 4) is 16.9 Å². The molecule has 1 unspecified atom stereocenters. The maximum Gasteiger partial charge on any atom is 0.131 e. The summed E-state index contributed by atoms with van der Waals surface area (Å²) in [6.45, 7) is 3.89. The fourth-order valence-electron chi connectivity index (χ4n) is 2.71. The number of likely N-dealkylation sites (N-methyl/N-ethyl adjacent to an activating group) is 1. The highest BCUT2D eigenvalue weighted by Crippen LogP contribution is 2.44. The van der Waals surface area contributed by atoms with Gasteiger partial charge in [-0.15, -0.1) is 0 Å². The van der Waals surface area contributed by atoms with Crippen molar-refractivity contribution < 1.29 is 4.74 Å². The lowest BCUT2D eigenvalue weighted by Crippen LogP contribution is -2.29. The smallest absolute Gasteiger partial charge is 0.131 e. The minimum atomic E-state index is 0.169. The summed E-state index contributed by atoms with van der Waals surface area (Å²) in [5.74, 6) is 0.912. The normalized spacial score (nSPS) is 16.6. The average molecular weight is 322 g/mol. The Balaban J connectivity index is 1.99.